The van der Waals surface area contributed by atoms with E-state index in [1.807, 2.05) is 31.2 Å². The van der Waals surface area contributed by atoms with Crippen molar-refractivity contribution in [1.82, 2.24) is 5.32 Å². The van der Waals surface area contributed by atoms with Gasteiger partial charge in [0.1, 0.15) is 11.5 Å². The topological polar surface area (TPSA) is 59.6 Å². The molecule has 0 saturated heterocycles. The Morgan fingerprint density at radius 1 is 0.963 bits per heavy atom. The molecule has 2 aromatic carbocycles. The number of hydrogen-bond donors (Lipinski definition) is 2. The van der Waals surface area contributed by atoms with E-state index >= 15 is 0 Å². The molecule has 0 bridgehead atoms. The second-order valence-electron chi connectivity index (χ2n) is 5.82. The van der Waals surface area contributed by atoms with Crippen molar-refractivity contribution in [1.29, 1.82) is 0 Å². The van der Waals surface area contributed by atoms with Crippen LogP contribution in [0.2, 0.25) is 0 Å². The number of carbonyl (C=O) groups excluding carboxylic acids is 1. The zero-order valence-corrected chi connectivity index (χ0v) is 14.8. The predicted octanol–water partition coefficient (Wildman–Crippen LogP) is 4.87. The van der Waals surface area contributed by atoms with Crippen LogP contribution in [0.3, 0.4) is 0 Å². The summed E-state index contributed by atoms with van der Waals surface area (Å²) in [5, 5.41) is 5.21. The van der Waals surface area contributed by atoms with E-state index in [-0.39, 0.29) is 5.75 Å². The Morgan fingerprint density at radius 2 is 1.59 bits per heavy atom. The van der Waals surface area contributed by atoms with Crippen LogP contribution in [0.25, 0.3) is 0 Å². The summed E-state index contributed by atoms with van der Waals surface area (Å²) >= 11 is 0. The van der Waals surface area contributed by atoms with Crippen LogP contribution in [0.15, 0.2) is 48.5 Å². The number of ether oxygens (including phenoxy) is 2. The first kappa shape index (κ1) is 20.4. The Labute approximate surface area is 155 Å². The van der Waals surface area contributed by atoms with Gasteiger partial charge in [-0.3, -0.25) is 0 Å². The molecule has 0 aliphatic heterocycles. The lowest BCUT2D eigenvalue weighted by Crippen LogP contribution is -2.29. The van der Waals surface area contributed by atoms with Gasteiger partial charge in [0, 0.05) is 12.2 Å². The number of carbonyl (C=O) groups is 1. The number of urea groups is 1. The van der Waals surface area contributed by atoms with Crippen molar-refractivity contribution in [3.8, 4) is 11.5 Å². The van der Waals surface area contributed by atoms with Gasteiger partial charge in [0.05, 0.1) is 6.61 Å². The average Bonchev–Trinajstić information content (AvgIpc) is 2.60. The molecule has 0 radical (unpaired) electrons. The quantitative estimate of drug-likeness (QED) is 0.640. The largest absolute Gasteiger partial charge is 0.573 e. The van der Waals surface area contributed by atoms with Crippen molar-refractivity contribution in [2.45, 2.75) is 26.1 Å². The molecule has 0 unspecified atom stereocenters. The monoisotopic (exact) mass is 382 g/mol. The molecule has 0 aliphatic rings. The minimum absolute atomic E-state index is 0.345. The molecule has 27 heavy (non-hydrogen) atoms. The SMILES string of the molecule is Cc1ccc(OCCCCNC(=O)Nc2ccc(OC(F)(F)F)cc2)cc1. The van der Waals surface area contributed by atoms with Crippen molar-refractivity contribution in [2.75, 3.05) is 18.5 Å². The fourth-order valence-electron chi connectivity index (χ4n) is 2.17. The second kappa shape index (κ2) is 9.70. The smallest absolute Gasteiger partial charge is 0.494 e. The third kappa shape index (κ3) is 8.35. The van der Waals surface area contributed by atoms with Crippen LogP contribution in [0.5, 0.6) is 11.5 Å². The minimum Gasteiger partial charge on any atom is -0.494 e. The van der Waals surface area contributed by atoms with Crippen molar-refractivity contribution in [3.05, 3.63) is 54.1 Å². The molecule has 2 N–H and O–H groups in total. The second-order valence-corrected chi connectivity index (χ2v) is 5.82. The van der Waals surface area contributed by atoms with Gasteiger partial charge in [-0.05, 0) is 56.2 Å². The number of amides is 2. The van der Waals surface area contributed by atoms with E-state index in [1.54, 1.807) is 0 Å². The predicted molar refractivity (Wildman–Crippen MR) is 96.1 cm³/mol. The molecule has 0 spiro atoms. The lowest BCUT2D eigenvalue weighted by atomic mass is 10.2. The molecule has 0 fully saturated rings. The number of halogens is 3. The van der Waals surface area contributed by atoms with Gasteiger partial charge in [0.15, 0.2) is 0 Å². The molecule has 2 amide bonds. The van der Waals surface area contributed by atoms with Crippen LogP contribution in [-0.2, 0) is 0 Å². The van der Waals surface area contributed by atoms with E-state index in [9.17, 15) is 18.0 Å². The molecule has 2 rings (SSSR count). The summed E-state index contributed by atoms with van der Waals surface area (Å²) in [7, 11) is 0. The molecule has 2 aromatic rings. The number of unbranched alkanes of at least 4 members (excludes halogenated alkanes) is 1. The van der Waals surface area contributed by atoms with Crippen LogP contribution >= 0.6 is 0 Å². The number of rotatable bonds is 8. The zero-order valence-electron chi connectivity index (χ0n) is 14.8. The highest BCUT2D eigenvalue weighted by Gasteiger charge is 2.30. The number of hydrogen-bond acceptors (Lipinski definition) is 3. The summed E-state index contributed by atoms with van der Waals surface area (Å²) < 4.78 is 45.6. The van der Waals surface area contributed by atoms with Crippen LogP contribution in [0.4, 0.5) is 23.7 Å². The molecule has 0 heterocycles. The van der Waals surface area contributed by atoms with Gasteiger partial charge in [-0.2, -0.15) is 0 Å². The van der Waals surface area contributed by atoms with Gasteiger partial charge in [-0.25, -0.2) is 4.79 Å². The summed E-state index contributed by atoms with van der Waals surface area (Å²) in [6.45, 7) is 3.01. The highest BCUT2D eigenvalue weighted by Crippen LogP contribution is 2.23. The van der Waals surface area contributed by atoms with Gasteiger partial charge < -0.3 is 20.1 Å². The number of anilines is 1. The lowest BCUT2D eigenvalue weighted by molar-refractivity contribution is -0.274. The highest BCUT2D eigenvalue weighted by atomic mass is 19.4. The molecular weight excluding hydrogens is 361 g/mol. The maximum atomic E-state index is 12.1. The van der Waals surface area contributed by atoms with Gasteiger partial charge in [0.2, 0.25) is 0 Å². The van der Waals surface area contributed by atoms with Crippen molar-refractivity contribution in [3.63, 3.8) is 0 Å². The summed E-state index contributed by atoms with van der Waals surface area (Å²) in [5.41, 5.74) is 1.53. The number of alkyl halides is 3. The molecule has 0 aromatic heterocycles. The first-order valence-corrected chi connectivity index (χ1v) is 8.42. The van der Waals surface area contributed by atoms with Crippen LogP contribution in [0.1, 0.15) is 18.4 Å². The Kier molecular flexibility index (Phi) is 7.34. The lowest BCUT2D eigenvalue weighted by Gasteiger charge is -2.10. The van der Waals surface area contributed by atoms with E-state index < -0.39 is 12.4 Å². The third-order valence-corrected chi connectivity index (χ3v) is 3.49. The molecule has 0 saturated carbocycles. The number of benzene rings is 2. The zero-order chi connectivity index (χ0) is 19.7. The normalized spacial score (nSPS) is 11.0. The maximum Gasteiger partial charge on any atom is 0.573 e. The van der Waals surface area contributed by atoms with E-state index in [2.05, 4.69) is 15.4 Å². The standard InChI is InChI=1S/C19H21F3N2O3/c1-14-4-8-16(9-5-14)26-13-3-2-12-23-18(25)24-15-6-10-17(11-7-15)27-19(20,21)22/h4-11H,2-3,12-13H2,1H3,(H2,23,24,25). The highest BCUT2D eigenvalue weighted by molar-refractivity contribution is 5.89. The molecule has 8 heteroatoms. The Bertz CT molecular complexity index is 716. The van der Waals surface area contributed by atoms with Gasteiger partial charge in [-0.1, -0.05) is 17.7 Å². The van der Waals surface area contributed by atoms with Crippen LogP contribution in [0, 0.1) is 6.92 Å². The first-order chi connectivity index (χ1) is 12.8. The summed E-state index contributed by atoms with van der Waals surface area (Å²) in [6.07, 6.45) is -3.23. The number of aryl methyl sites for hydroxylation is 1. The van der Waals surface area contributed by atoms with Crippen LogP contribution < -0.4 is 20.1 Å². The summed E-state index contributed by atoms with van der Waals surface area (Å²) in [6, 6.07) is 12.3. The molecular formula is C19H21F3N2O3. The maximum absolute atomic E-state index is 12.1. The van der Waals surface area contributed by atoms with Gasteiger partial charge in [-0.15, -0.1) is 13.2 Å². The third-order valence-electron chi connectivity index (χ3n) is 3.49. The average molecular weight is 382 g/mol. The van der Waals surface area contributed by atoms with Gasteiger partial charge >= 0.3 is 12.4 Å². The van der Waals surface area contributed by atoms with E-state index in [0.717, 1.165) is 30.7 Å². The number of nitrogens with one attached hydrogen (secondary N) is 2. The Hall–Kier alpha value is -2.90. The molecule has 146 valence electrons. The van der Waals surface area contributed by atoms with E-state index in [4.69, 9.17) is 4.74 Å². The summed E-state index contributed by atoms with van der Waals surface area (Å²) in [4.78, 5) is 11.7. The van der Waals surface area contributed by atoms with Crippen LogP contribution in [-0.4, -0.2) is 25.5 Å². The molecule has 0 aliphatic carbocycles. The summed E-state index contributed by atoms with van der Waals surface area (Å²) in [5.74, 6) is 0.464. The Morgan fingerprint density at radius 3 is 2.22 bits per heavy atom. The van der Waals surface area contributed by atoms with Crippen molar-refractivity contribution in [2.24, 2.45) is 0 Å². The van der Waals surface area contributed by atoms with Crippen molar-refractivity contribution >= 4 is 11.7 Å². The Balaban J connectivity index is 1.59. The fraction of sp³-hybridized carbons (Fsp3) is 0.316. The van der Waals surface area contributed by atoms with Gasteiger partial charge in [0.25, 0.3) is 0 Å². The first-order valence-electron chi connectivity index (χ1n) is 8.42. The van der Waals surface area contributed by atoms with E-state index in [0.29, 0.717) is 18.8 Å². The van der Waals surface area contributed by atoms with Crippen molar-refractivity contribution < 1.29 is 27.4 Å². The fourth-order valence-corrected chi connectivity index (χ4v) is 2.17. The van der Waals surface area contributed by atoms with E-state index in [1.165, 1.54) is 17.7 Å². The molecule has 5 nitrogen and oxygen atoms in total. The molecule has 0 atom stereocenters. The minimum atomic E-state index is -4.74.